The smallest absolute Gasteiger partial charge is 1.00 e. The summed E-state index contributed by atoms with van der Waals surface area (Å²) in [6.07, 6.45) is 0. The van der Waals surface area contributed by atoms with Crippen LogP contribution in [0.4, 0.5) is 0 Å². The van der Waals surface area contributed by atoms with Crippen LogP contribution in [0.3, 0.4) is 0 Å². The van der Waals surface area contributed by atoms with Gasteiger partial charge in [0.2, 0.25) is 0 Å². The molecule has 0 aliphatic rings. The van der Waals surface area contributed by atoms with Gasteiger partial charge in [-0.15, -0.1) is 0 Å². The Hall–Kier alpha value is 1.15. The van der Waals surface area contributed by atoms with E-state index < -0.39 is 43.9 Å². The van der Waals surface area contributed by atoms with Gasteiger partial charge in [0, 0.05) is 60.7 Å². The van der Waals surface area contributed by atoms with Crippen LogP contribution in [0.15, 0.2) is 0 Å². The molecule has 0 aromatic heterocycles. The molecular formula is H5CoNaO12S4-4. The van der Waals surface area contributed by atoms with Gasteiger partial charge in [-0.2, -0.15) is 0 Å². The fourth-order valence-corrected chi connectivity index (χ4v) is 0. The summed E-state index contributed by atoms with van der Waals surface area (Å²) in [6.45, 7) is 0. The van der Waals surface area contributed by atoms with E-state index in [1.807, 2.05) is 0 Å². The van der Waals surface area contributed by atoms with Crippen molar-refractivity contribution in [1.82, 2.24) is 0 Å². The first-order chi connectivity index (χ1) is 6.93. The Labute approximate surface area is 142 Å². The second-order valence-electron chi connectivity index (χ2n) is 0.868. The molecule has 18 heavy (non-hydrogen) atoms. The molecule has 0 bridgehead atoms. The van der Waals surface area contributed by atoms with Gasteiger partial charge in [0.25, 0.3) is 0 Å². The van der Waals surface area contributed by atoms with E-state index in [1.54, 1.807) is 0 Å². The fourth-order valence-electron chi connectivity index (χ4n) is 0. The molecule has 0 amide bonds. The quantitative estimate of drug-likeness (QED) is 0.131. The summed E-state index contributed by atoms with van der Waals surface area (Å²) in [5.41, 5.74) is 0. The molecule has 0 unspecified atom stereocenters. The van der Waals surface area contributed by atoms with Gasteiger partial charge in [0.15, 0.2) is 0 Å². The minimum absolute atomic E-state index is 0. The summed E-state index contributed by atoms with van der Waals surface area (Å²) in [4.78, 5) is 0. The third kappa shape index (κ3) is 3400. The van der Waals surface area contributed by atoms with E-state index in [9.17, 15) is 0 Å². The molecule has 0 aliphatic carbocycles. The minimum atomic E-state index is -2.86. The van der Waals surface area contributed by atoms with Crippen molar-refractivity contribution in [1.29, 1.82) is 0 Å². The number of hydrogen-bond donors (Lipinski definition) is 4. The average molecular weight is 407 g/mol. The van der Waals surface area contributed by atoms with Crippen LogP contribution in [0.25, 0.3) is 0 Å². The van der Waals surface area contributed by atoms with Crippen LogP contribution < -0.4 is 29.6 Å². The molecule has 0 aromatic carbocycles. The predicted molar refractivity (Wildman–Crippen MR) is 46.6 cm³/mol. The molecule has 0 saturated heterocycles. The predicted octanol–water partition coefficient (Wildman–Crippen LogP) is -3.81. The van der Waals surface area contributed by atoms with Gasteiger partial charge >= 0.3 is 29.6 Å². The Kier molecular flexibility index (Phi) is 62.6. The molecule has 4 N–H and O–H groups in total. The van der Waals surface area contributed by atoms with Crippen LogP contribution in [0.1, 0.15) is 1.43 Å². The third-order valence-corrected chi connectivity index (χ3v) is 0. The maximum Gasteiger partial charge on any atom is 1.00 e. The summed E-state index contributed by atoms with van der Waals surface area (Å²) < 4.78 is 96.3. The molecule has 0 atom stereocenters. The van der Waals surface area contributed by atoms with Crippen LogP contribution in [-0.4, -0.2) is 18.2 Å². The molecule has 0 rings (SSSR count). The van der Waals surface area contributed by atoms with E-state index in [0.29, 0.717) is 0 Å². The van der Waals surface area contributed by atoms with E-state index in [4.69, 9.17) is 51.9 Å². The molecule has 12 nitrogen and oxygen atoms in total. The Bertz CT molecular complexity index is 303. The Balaban J connectivity index is -0.0000000192. The van der Waals surface area contributed by atoms with Crippen molar-refractivity contribution in [3.8, 4) is 0 Å². The van der Waals surface area contributed by atoms with Gasteiger partial charge in [-0.25, -0.2) is 0 Å². The summed E-state index contributed by atoms with van der Waals surface area (Å²) in [6, 6.07) is 0. The summed E-state index contributed by atoms with van der Waals surface area (Å²) in [5, 5.41) is 0. The Morgan fingerprint density at radius 3 is 0.500 bits per heavy atom. The van der Waals surface area contributed by atoms with Gasteiger partial charge in [-0.1, -0.05) is 0 Å². The molecule has 115 valence electrons. The molecule has 0 fully saturated rings. The first kappa shape index (κ1) is 36.5. The SMILES string of the molecule is O=[S-](=O)O.O=[S-](=O)O.O=[S-](=O)O.O=[S-](=O)O.[Co].[H-].[Na+]. The van der Waals surface area contributed by atoms with Gasteiger partial charge in [0.1, 0.15) is 0 Å². The van der Waals surface area contributed by atoms with Crippen LogP contribution in [0.2, 0.25) is 0 Å². The van der Waals surface area contributed by atoms with E-state index in [1.165, 1.54) is 0 Å². The van der Waals surface area contributed by atoms with Crippen molar-refractivity contribution in [3.63, 3.8) is 0 Å². The second kappa shape index (κ2) is 30.9. The average Bonchev–Trinajstić information content (AvgIpc) is 1.76. The van der Waals surface area contributed by atoms with Gasteiger partial charge < -0.3 is 53.3 Å². The monoisotopic (exact) mass is 407 g/mol. The van der Waals surface area contributed by atoms with Gasteiger partial charge in [-0.05, 0) is 0 Å². The fraction of sp³-hybridized carbons (Fsp3) is 0. The van der Waals surface area contributed by atoms with Crippen molar-refractivity contribution in [2.45, 2.75) is 0 Å². The van der Waals surface area contributed by atoms with Gasteiger partial charge in [-0.3, -0.25) is 0 Å². The van der Waals surface area contributed by atoms with Crippen molar-refractivity contribution in [3.05, 3.63) is 0 Å². The topological polar surface area (TPSA) is 217 Å². The van der Waals surface area contributed by atoms with E-state index in [0.717, 1.165) is 0 Å². The largest absolute Gasteiger partial charge is 1.00 e. The van der Waals surface area contributed by atoms with Crippen LogP contribution in [0, 0.1) is 0 Å². The van der Waals surface area contributed by atoms with E-state index >= 15 is 0 Å². The molecule has 0 aliphatic heterocycles. The van der Waals surface area contributed by atoms with E-state index in [2.05, 4.69) is 0 Å². The number of rotatable bonds is 0. The molecule has 0 spiro atoms. The van der Waals surface area contributed by atoms with Gasteiger partial charge in [0.05, 0.1) is 0 Å². The van der Waals surface area contributed by atoms with Crippen molar-refractivity contribution in [2.75, 3.05) is 0 Å². The maximum absolute atomic E-state index is 8.56. The van der Waals surface area contributed by atoms with Crippen LogP contribution in [0.5, 0.6) is 0 Å². The zero-order chi connectivity index (χ0) is 14.3. The molecular weight excluding hydrogens is 402 g/mol. The first-order valence-corrected chi connectivity index (χ1v) is 6.19. The van der Waals surface area contributed by atoms with Crippen LogP contribution in [-0.2, 0) is 94.4 Å². The standard InChI is InChI=1S/Co.Na.4HO3S.H/c;;4*1-4(2)3;/h;;4*(H,1,2,3);/q;+1;5*-1. The normalized spacial score (nSPS) is 7.56. The van der Waals surface area contributed by atoms with Crippen molar-refractivity contribution in [2.24, 2.45) is 0 Å². The zero-order valence-electron chi connectivity index (χ0n) is 9.02. The summed E-state index contributed by atoms with van der Waals surface area (Å²) in [5.74, 6) is 0. The first-order valence-electron chi connectivity index (χ1n) is 2.06. The maximum atomic E-state index is 8.56. The second-order valence-corrected chi connectivity index (χ2v) is 2.61. The summed E-state index contributed by atoms with van der Waals surface area (Å²) in [7, 11) is -11.4. The Morgan fingerprint density at radius 2 is 0.500 bits per heavy atom. The zero-order valence-corrected chi connectivity index (χ0v) is 14.3. The number of hydrogen-bond acceptors (Lipinski definition) is 12. The third-order valence-electron chi connectivity index (χ3n) is 0. The van der Waals surface area contributed by atoms with Crippen LogP contribution >= 0.6 is 0 Å². The minimum Gasteiger partial charge on any atom is -1.00 e. The molecule has 0 heterocycles. The molecule has 18 heteroatoms. The van der Waals surface area contributed by atoms with E-state index in [-0.39, 0.29) is 47.8 Å². The summed E-state index contributed by atoms with van der Waals surface area (Å²) >= 11 is 0. The van der Waals surface area contributed by atoms with Crippen molar-refractivity contribution < 1.29 is 99.6 Å². The Morgan fingerprint density at radius 1 is 0.500 bits per heavy atom. The molecule has 0 saturated carbocycles. The molecule has 1 radical (unpaired) electrons. The van der Waals surface area contributed by atoms with Crippen molar-refractivity contribution >= 4 is 43.9 Å². The molecule has 0 aromatic rings.